The highest BCUT2D eigenvalue weighted by Crippen LogP contribution is 2.28. The number of hydrogen-bond donors (Lipinski definition) is 0. The molecule has 0 bridgehead atoms. The fourth-order valence-electron chi connectivity index (χ4n) is 4.67. The molecule has 0 saturated carbocycles. The minimum absolute atomic E-state index is 0.0442. The van der Waals surface area contributed by atoms with Crippen LogP contribution in [0.4, 0.5) is 0 Å². The van der Waals surface area contributed by atoms with E-state index in [1.165, 1.54) is 0 Å². The van der Waals surface area contributed by atoms with E-state index in [0.29, 0.717) is 31.7 Å². The van der Waals surface area contributed by atoms with Gasteiger partial charge < -0.3 is 4.90 Å². The summed E-state index contributed by atoms with van der Waals surface area (Å²) in [6.07, 6.45) is 2.19. The Morgan fingerprint density at radius 3 is 2.09 bits per heavy atom. The topological polar surface area (TPSA) is 57.9 Å². The first kappa shape index (κ1) is 22.0. The van der Waals surface area contributed by atoms with E-state index in [9.17, 15) is 9.59 Å². The maximum Gasteiger partial charge on any atom is 0.258 e. The Bertz CT molecular complexity index is 1270. The Labute approximate surface area is 199 Å². The lowest BCUT2D eigenvalue weighted by Gasteiger charge is -2.35. The van der Waals surface area contributed by atoms with E-state index in [1.54, 1.807) is 16.7 Å². The second-order valence-corrected chi connectivity index (χ2v) is 8.75. The van der Waals surface area contributed by atoms with E-state index >= 15 is 0 Å². The summed E-state index contributed by atoms with van der Waals surface area (Å²) in [6.45, 7) is 3.51. The van der Waals surface area contributed by atoms with Crippen molar-refractivity contribution < 1.29 is 4.79 Å². The van der Waals surface area contributed by atoms with Crippen LogP contribution in [0.1, 0.15) is 29.2 Å². The van der Waals surface area contributed by atoms with Crippen molar-refractivity contribution in [3.8, 4) is 0 Å². The summed E-state index contributed by atoms with van der Waals surface area (Å²) < 4.78 is 1.55. The van der Waals surface area contributed by atoms with Gasteiger partial charge >= 0.3 is 0 Å². The summed E-state index contributed by atoms with van der Waals surface area (Å²) in [5.74, 6) is 0.224. The fraction of sp³-hybridized carbons (Fsp3) is 0.250. The molecule has 1 fully saturated rings. The summed E-state index contributed by atoms with van der Waals surface area (Å²) in [6, 6.07) is 27.7. The van der Waals surface area contributed by atoms with Crippen LogP contribution < -0.4 is 5.56 Å². The predicted octanol–water partition coefficient (Wildman–Crippen LogP) is 3.56. The molecule has 0 spiro atoms. The van der Waals surface area contributed by atoms with Gasteiger partial charge in [0.1, 0.15) is 5.65 Å². The first-order valence-electron chi connectivity index (χ1n) is 11.7. The van der Waals surface area contributed by atoms with Gasteiger partial charge in [0.05, 0.1) is 5.69 Å². The molecule has 0 aliphatic carbocycles. The molecule has 2 aromatic carbocycles. The highest BCUT2D eigenvalue weighted by atomic mass is 16.2. The van der Waals surface area contributed by atoms with E-state index in [4.69, 9.17) is 0 Å². The molecule has 5 rings (SSSR count). The Kier molecular flexibility index (Phi) is 6.49. The van der Waals surface area contributed by atoms with Crippen molar-refractivity contribution in [3.63, 3.8) is 0 Å². The third-order valence-corrected chi connectivity index (χ3v) is 6.52. The molecule has 3 heterocycles. The summed E-state index contributed by atoms with van der Waals surface area (Å²) in [7, 11) is 0. The van der Waals surface area contributed by atoms with Gasteiger partial charge in [-0.1, -0.05) is 66.7 Å². The molecule has 6 nitrogen and oxygen atoms in total. The van der Waals surface area contributed by atoms with Gasteiger partial charge in [-0.3, -0.25) is 18.9 Å². The number of carbonyl (C=O) groups excluding carboxylic acids is 1. The van der Waals surface area contributed by atoms with Crippen molar-refractivity contribution in [2.75, 3.05) is 26.2 Å². The summed E-state index contributed by atoms with van der Waals surface area (Å²) in [5, 5.41) is 0. The lowest BCUT2D eigenvalue weighted by atomic mass is 9.88. The van der Waals surface area contributed by atoms with Crippen LogP contribution in [-0.2, 0) is 11.3 Å². The van der Waals surface area contributed by atoms with E-state index in [0.717, 1.165) is 29.9 Å². The number of aromatic nitrogens is 2. The molecule has 1 aliphatic heterocycles. The van der Waals surface area contributed by atoms with Gasteiger partial charge in [0.2, 0.25) is 5.91 Å². The Morgan fingerprint density at radius 2 is 1.44 bits per heavy atom. The molecule has 6 heteroatoms. The van der Waals surface area contributed by atoms with Gasteiger partial charge in [-0.25, -0.2) is 4.98 Å². The SMILES string of the molecule is O=C(CC(c1ccccc1)c1ccccc1)N1CCN(Cc2cc(=O)n3ccccc3n2)CC1. The molecular formula is C28H28N4O2. The van der Waals surface area contributed by atoms with Gasteiger partial charge in [-0.2, -0.15) is 0 Å². The van der Waals surface area contributed by atoms with Gasteiger partial charge in [-0.05, 0) is 23.3 Å². The summed E-state index contributed by atoms with van der Waals surface area (Å²) >= 11 is 0. The number of fused-ring (bicyclic) bond motifs is 1. The predicted molar refractivity (Wildman–Crippen MR) is 133 cm³/mol. The second-order valence-electron chi connectivity index (χ2n) is 8.75. The zero-order valence-electron chi connectivity index (χ0n) is 19.1. The third-order valence-electron chi connectivity index (χ3n) is 6.52. The van der Waals surface area contributed by atoms with Crippen LogP contribution in [-0.4, -0.2) is 51.3 Å². The molecule has 0 unspecified atom stereocenters. The van der Waals surface area contributed by atoms with Crippen molar-refractivity contribution in [2.45, 2.75) is 18.9 Å². The van der Waals surface area contributed by atoms with E-state index in [1.807, 2.05) is 59.5 Å². The van der Waals surface area contributed by atoms with Crippen LogP contribution in [0.2, 0.25) is 0 Å². The monoisotopic (exact) mass is 452 g/mol. The normalized spacial score (nSPS) is 14.6. The maximum atomic E-state index is 13.3. The van der Waals surface area contributed by atoms with Crippen LogP contribution in [0.5, 0.6) is 0 Å². The van der Waals surface area contributed by atoms with Crippen molar-refractivity contribution in [1.29, 1.82) is 0 Å². The number of rotatable bonds is 6. The standard InChI is InChI=1S/C28H28N4O2/c33-27(20-25(22-9-3-1-4-10-22)23-11-5-2-6-12-23)31-17-15-30(16-18-31)21-24-19-28(34)32-14-8-7-13-26(32)29-24/h1-14,19,25H,15-18,20-21H2. The number of benzene rings is 2. The number of carbonyl (C=O) groups is 1. The van der Waals surface area contributed by atoms with Crippen molar-refractivity contribution >= 4 is 11.6 Å². The maximum absolute atomic E-state index is 13.3. The first-order chi connectivity index (χ1) is 16.7. The Balaban J connectivity index is 1.23. The van der Waals surface area contributed by atoms with Crippen LogP contribution in [0.15, 0.2) is 95.9 Å². The van der Waals surface area contributed by atoms with Crippen LogP contribution in [0.25, 0.3) is 5.65 Å². The summed E-state index contributed by atoms with van der Waals surface area (Å²) in [4.78, 5) is 34.5. The smallest absolute Gasteiger partial charge is 0.258 e. The van der Waals surface area contributed by atoms with E-state index < -0.39 is 0 Å². The van der Waals surface area contributed by atoms with Crippen LogP contribution in [0, 0.1) is 0 Å². The average molecular weight is 453 g/mol. The Hall–Kier alpha value is -3.77. The molecule has 172 valence electrons. The lowest BCUT2D eigenvalue weighted by Crippen LogP contribution is -2.48. The number of pyridine rings is 1. The zero-order chi connectivity index (χ0) is 23.3. The number of amides is 1. The number of hydrogen-bond acceptors (Lipinski definition) is 4. The van der Waals surface area contributed by atoms with Crippen LogP contribution >= 0.6 is 0 Å². The largest absolute Gasteiger partial charge is 0.340 e. The molecule has 2 aromatic heterocycles. The molecular weight excluding hydrogens is 424 g/mol. The molecule has 1 saturated heterocycles. The highest BCUT2D eigenvalue weighted by Gasteiger charge is 2.25. The van der Waals surface area contributed by atoms with Crippen molar-refractivity contribution in [2.24, 2.45) is 0 Å². The van der Waals surface area contributed by atoms with Gasteiger partial charge in [0.15, 0.2) is 0 Å². The van der Waals surface area contributed by atoms with Gasteiger partial charge in [0.25, 0.3) is 5.56 Å². The minimum Gasteiger partial charge on any atom is -0.340 e. The quantitative estimate of drug-likeness (QED) is 0.449. The molecule has 1 amide bonds. The molecule has 34 heavy (non-hydrogen) atoms. The Morgan fingerprint density at radius 1 is 0.824 bits per heavy atom. The second kappa shape index (κ2) is 10.0. The van der Waals surface area contributed by atoms with E-state index in [2.05, 4.69) is 34.1 Å². The van der Waals surface area contributed by atoms with Crippen molar-refractivity contribution in [3.05, 3.63) is 118 Å². The number of piperazine rings is 1. The third kappa shape index (κ3) is 4.92. The molecule has 4 aromatic rings. The van der Waals surface area contributed by atoms with E-state index in [-0.39, 0.29) is 17.4 Å². The minimum atomic E-state index is -0.0673. The lowest BCUT2D eigenvalue weighted by molar-refractivity contribution is -0.133. The average Bonchev–Trinajstić information content (AvgIpc) is 2.89. The molecule has 0 radical (unpaired) electrons. The number of nitrogens with zero attached hydrogens (tertiary/aromatic N) is 4. The first-order valence-corrected chi connectivity index (χ1v) is 11.7. The van der Waals surface area contributed by atoms with Gasteiger partial charge in [0, 0.05) is 57.3 Å². The molecule has 1 aliphatic rings. The summed E-state index contributed by atoms with van der Waals surface area (Å²) in [5.41, 5.74) is 3.68. The molecule has 0 N–H and O–H groups in total. The highest BCUT2D eigenvalue weighted by molar-refractivity contribution is 5.78. The van der Waals surface area contributed by atoms with Gasteiger partial charge in [-0.15, -0.1) is 0 Å². The zero-order valence-corrected chi connectivity index (χ0v) is 19.1. The van der Waals surface area contributed by atoms with Crippen LogP contribution in [0.3, 0.4) is 0 Å². The molecule has 0 atom stereocenters. The fourth-order valence-corrected chi connectivity index (χ4v) is 4.67. The van der Waals surface area contributed by atoms with Crippen molar-refractivity contribution in [1.82, 2.24) is 19.2 Å².